The number of hydrogen-bond acceptors (Lipinski definition) is 5. The Morgan fingerprint density at radius 2 is 1.74 bits per heavy atom. The van der Waals surface area contributed by atoms with Gasteiger partial charge in [-0.05, 0) is 60.9 Å². The average molecular weight is 480 g/mol. The highest BCUT2D eigenvalue weighted by atomic mass is 32.2. The SMILES string of the molecule is Cc1cccc(NS(=O)(=O)c2ccc(C)c(C(=O)Nc3ccccc3CN3CCOCC3)c2)c1. The number of rotatable bonds is 7. The maximum atomic E-state index is 13.2. The van der Waals surface area contributed by atoms with E-state index in [-0.39, 0.29) is 10.8 Å². The monoisotopic (exact) mass is 479 g/mol. The van der Waals surface area contributed by atoms with Crippen LogP contribution in [0.5, 0.6) is 0 Å². The minimum absolute atomic E-state index is 0.0337. The Morgan fingerprint density at radius 1 is 0.971 bits per heavy atom. The van der Waals surface area contributed by atoms with Crippen molar-refractivity contribution in [3.8, 4) is 0 Å². The summed E-state index contributed by atoms with van der Waals surface area (Å²) in [6.07, 6.45) is 0. The fourth-order valence-electron chi connectivity index (χ4n) is 3.91. The molecule has 1 aliphatic heterocycles. The third-order valence-electron chi connectivity index (χ3n) is 5.80. The molecule has 0 radical (unpaired) electrons. The number of nitrogens with zero attached hydrogens (tertiary/aromatic N) is 1. The number of para-hydroxylation sites is 1. The number of carbonyl (C=O) groups excluding carboxylic acids is 1. The Hall–Kier alpha value is -3.20. The van der Waals surface area contributed by atoms with Gasteiger partial charge in [-0.2, -0.15) is 0 Å². The molecule has 8 heteroatoms. The topological polar surface area (TPSA) is 87.7 Å². The molecule has 1 fully saturated rings. The Morgan fingerprint density at radius 3 is 2.50 bits per heavy atom. The molecule has 0 aromatic heterocycles. The number of ether oxygens (including phenoxy) is 1. The van der Waals surface area contributed by atoms with E-state index in [0.717, 1.165) is 24.2 Å². The number of amides is 1. The Labute approximate surface area is 200 Å². The Bertz CT molecular complexity index is 1280. The van der Waals surface area contributed by atoms with E-state index in [2.05, 4.69) is 14.9 Å². The Balaban J connectivity index is 1.55. The van der Waals surface area contributed by atoms with E-state index < -0.39 is 10.0 Å². The molecule has 0 unspecified atom stereocenters. The summed E-state index contributed by atoms with van der Waals surface area (Å²) in [6, 6.07) is 19.4. The minimum Gasteiger partial charge on any atom is -0.379 e. The van der Waals surface area contributed by atoms with Gasteiger partial charge in [-0.1, -0.05) is 36.4 Å². The molecule has 0 saturated carbocycles. The first-order chi connectivity index (χ1) is 16.3. The normalized spacial score (nSPS) is 14.5. The first kappa shape index (κ1) is 23.9. The van der Waals surface area contributed by atoms with Crippen molar-refractivity contribution in [1.29, 1.82) is 0 Å². The second-order valence-corrected chi connectivity index (χ2v) is 10.1. The van der Waals surface area contributed by atoms with Crippen molar-refractivity contribution >= 4 is 27.3 Å². The summed E-state index contributed by atoms with van der Waals surface area (Å²) in [5.74, 6) is -0.348. The number of nitrogens with one attached hydrogen (secondary N) is 2. The standard InChI is InChI=1S/C26H29N3O4S/c1-19-6-5-8-22(16-19)28-34(31,32)23-11-10-20(2)24(17-23)26(30)27-25-9-4-3-7-21(25)18-29-12-14-33-15-13-29/h3-11,16-17,28H,12-15,18H2,1-2H3,(H,27,30). The van der Waals surface area contributed by atoms with E-state index in [1.54, 1.807) is 31.2 Å². The summed E-state index contributed by atoms with van der Waals surface area (Å²) in [5.41, 5.74) is 4.14. The van der Waals surface area contributed by atoms with Crippen LogP contribution >= 0.6 is 0 Å². The molecule has 0 atom stereocenters. The summed E-state index contributed by atoms with van der Waals surface area (Å²) in [4.78, 5) is 15.5. The highest BCUT2D eigenvalue weighted by Gasteiger charge is 2.20. The number of anilines is 2. The second kappa shape index (κ2) is 10.4. The zero-order chi connectivity index (χ0) is 24.1. The van der Waals surface area contributed by atoms with E-state index in [9.17, 15) is 13.2 Å². The van der Waals surface area contributed by atoms with Gasteiger partial charge in [0.15, 0.2) is 0 Å². The molecule has 0 spiro atoms. The lowest BCUT2D eigenvalue weighted by Gasteiger charge is -2.27. The molecule has 1 aliphatic rings. The second-order valence-electron chi connectivity index (χ2n) is 8.45. The van der Waals surface area contributed by atoms with Crippen molar-refractivity contribution in [2.75, 3.05) is 36.3 Å². The van der Waals surface area contributed by atoms with Crippen molar-refractivity contribution in [3.05, 3.63) is 89.0 Å². The van der Waals surface area contributed by atoms with Gasteiger partial charge in [0, 0.05) is 36.6 Å². The highest BCUT2D eigenvalue weighted by Crippen LogP contribution is 2.23. The molecular formula is C26H29N3O4S. The van der Waals surface area contributed by atoms with Gasteiger partial charge in [0.1, 0.15) is 0 Å². The molecule has 3 aromatic carbocycles. The summed E-state index contributed by atoms with van der Waals surface area (Å²) >= 11 is 0. The van der Waals surface area contributed by atoms with Crippen LogP contribution in [-0.4, -0.2) is 45.5 Å². The van der Waals surface area contributed by atoms with Crippen LogP contribution in [0.3, 0.4) is 0 Å². The predicted molar refractivity (Wildman–Crippen MR) is 134 cm³/mol. The number of morpholine rings is 1. The quantitative estimate of drug-likeness (QED) is 0.531. The molecule has 178 valence electrons. The van der Waals surface area contributed by atoms with Crippen LogP contribution in [-0.2, 0) is 21.3 Å². The first-order valence-electron chi connectivity index (χ1n) is 11.2. The van der Waals surface area contributed by atoms with Crippen LogP contribution in [0.1, 0.15) is 27.0 Å². The maximum Gasteiger partial charge on any atom is 0.261 e. The van der Waals surface area contributed by atoms with Crippen molar-refractivity contribution in [1.82, 2.24) is 4.90 Å². The fraction of sp³-hybridized carbons (Fsp3) is 0.269. The van der Waals surface area contributed by atoms with Gasteiger partial charge in [0.25, 0.3) is 15.9 Å². The van der Waals surface area contributed by atoms with Gasteiger partial charge >= 0.3 is 0 Å². The van der Waals surface area contributed by atoms with Gasteiger partial charge in [-0.15, -0.1) is 0 Å². The van der Waals surface area contributed by atoms with Crippen LogP contribution in [0.4, 0.5) is 11.4 Å². The molecule has 3 aromatic rings. The van der Waals surface area contributed by atoms with Crippen LogP contribution in [0.2, 0.25) is 0 Å². The zero-order valence-electron chi connectivity index (χ0n) is 19.4. The third kappa shape index (κ3) is 5.83. The van der Waals surface area contributed by atoms with E-state index in [1.165, 1.54) is 12.1 Å². The lowest BCUT2D eigenvalue weighted by Crippen LogP contribution is -2.35. The maximum absolute atomic E-state index is 13.2. The largest absolute Gasteiger partial charge is 0.379 e. The first-order valence-corrected chi connectivity index (χ1v) is 12.7. The lowest BCUT2D eigenvalue weighted by molar-refractivity contribution is 0.0342. The van der Waals surface area contributed by atoms with Gasteiger partial charge in [-0.25, -0.2) is 8.42 Å². The van der Waals surface area contributed by atoms with E-state index >= 15 is 0 Å². The van der Waals surface area contributed by atoms with Crippen LogP contribution in [0.25, 0.3) is 0 Å². The van der Waals surface area contributed by atoms with Crippen LogP contribution in [0, 0.1) is 13.8 Å². The minimum atomic E-state index is -3.85. The van der Waals surface area contributed by atoms with Gasteiger partial charge in [0.05, 0.1) is 18.1 Å². The molecular weight excluding hydrogens is 450 g/mol. The molecule has 1 amide bonds. The molecule has 0 aliphatic carbocycles. The average Bonchev–Trinajstić information content (AvgIpc) is 2.81. The van der Waals surface area contributed by atoms with Gasteiger partial charge in [0.2, 0.25) is 0 Å². The Kier molecular flexibility index (Phi) is 7.31. The van der Waals surface area contributed by atoms with E-state index in [4.69, 9.17) is 4.74 Å². The number of benzene rings is 3. The number of hydrogen-bond donors (Lipinski definition) is 2. The molecule has 34 heavy (non-hydrogen) atoms. The third-order valence-corrected chi connectivity index (χ3v) is 7.18. The summed E-state index contributed by atoms with van der Waals surface area (Å²) in [7, 11) is -3.85. The molecule has 2 N–H and O–H groups in total. The molecule has 4 rings (SSSR count). The highest BCUT2D eigenvalue weighted by molar-refractivity contribution is 7.92. The smallest absolute Gasteiger partial charge is 0.261 e. The van der Waals surface area contributed by atoms with Crippen molar-refractivity contribution in [2.45, 2.75) is 25.3 Å². The molecule has 7 nitrogen and oxygen atoms in total. The van der Waals surface area contributed by atoms with Crippen LogP contribution in [0.15, 0.2) is 71.6 Å². The zero-order valence-corrected chi connectivity index (χ0v) is 20.2. The van der Waals surface area contributed by atoms with Gasteiger partial charge in [-0.3, -0.25) is 14.4 Å². The van der Waals surface area contributed by atoms with Crippen molar-refractivity contribution < 1.29 is 17.9 Å². The van der Waals surface area contributed by atoms with Crippen LogP contribution < -0.4 is 10.0 Å². The van der Waals surface area contributed by atoms with E-state index in [1.807, 2.05) is 37.3 Å². The van der Waals surface area contributed by atoms with Crippen molar-refractivity contribution in [3.63, 3.8) is 0 Å². The molecule has 0 bridgehead atoms. The van der Waals surface area contributed by atoms with Crippen molar-refractivity contribution in [2.24, 2.45) is 0 Å². The summed E-state index contributed by atoms with van der Waals surface area (Å²) < 4.78 is 34.0. The number of aryl methyl sites for hydroxylation is 2. The molecule has 1 saturated heterocycles. The molecule has 1 heterocycles. The summed E-state index contributed by atoms with van der Waals surface area (Å²) in [5, 5.41) is 2.98. The van der Waals surface area contributed by atoms with Gasteiger partial charge < -0.3 is 10.1 Å². The summed E-state index contributed by atoms with van der Waals surface area (Å²) in [6.45, 7) is 7.47. The van der Waals surface area contributed by atoms with E-state index in [0.29, 0.717) is 42.3 Å². The lowest BCUT2D eigenvalue weighted by atomic mass is 10.1. The predicted octanol–water partition coefficient (Wildman–Crippen LogP) is 4.19. The number of carbonyl (C=O) groups is 1. The fourth-order valence-corrected chi connectivity index (χ4v) is 4.98. The number of sulfonamides is 1.